The minimum Gasteiger partial charge on any atom is -0.393 e. The van der Waals surface area contributed by atoms with E-state index in [1.165, 1.54) is 12.8 Å². The first-order valence-corrected chi connectivity index (χ1v) is 4.62. The van der Waals surface area contributed by atoms with Crippen molar-refractivity contribution in [1.82, 2.24) is 5.32 Å². The highest BCUT2D eigenvalue weighted by molar-refractivity contribution is 4.78. The second-order valence-corrected chi connectivity index (χ2v) is 3.84. The molecule has 0 aliphatic heterocycles. The molecule has 2 nitrogen and oxygen atoms in total. The molecule has 2 N–H and O–H groups in total. The summed E-state index contributed by atoms with van der Waals surface area (Å²) in [6.07, 6.45) is 4.29. The van der Waals surface area contributed by atoms with Crippen molar-refractivity contribution >= 4 is 0 Å². The number of aliphatic hydroxyl groups is 1. The lowest BCUT2D eigenvalue weighted by Crippen LogP contribution is -2.39. The Balaban J connectivity index is 2.23. The molecule has 0 unspecified atom stereocenters. The average Bonchev–Trinajstić information content (AvgIpc) is 1.85. The normalized spacial score (nSPS) is 32.7. The van der Waals surface area contributed by atoms with Crippen molar-refractivity contribution in [3.05, 3.63) is 0 Å². The Labute approximate surface area is 69.0 Å². The Bertz CT molecular complexity index is 112. The van der Waals surface area contributed by atoms with Gasteiger partial charge in [-0.1, -0.05) is 13.8 Å². The summed E-state index contributed by atoms with van der Waals surface area (Å²) < 4.78 is 0. The Kier molecular flexibility index (Phi) is 3.34. The molecule has 0 heterocycles. The number of hydrogen-bond acceptors (Lipinski definition) is 2. The van der Waals surface area contributed by atoms with E-state index in [0.29, 0.717) is 12.1 Å². The molecule has 0 aromatic rings. The lowest BCUT2D eigenvalue weighted by Gasteiger charge is -2.28. The third-order valence-electron chi connectivity index (χ3n) is 2.22. The van der Waals surface area contributed by atoms with E-state index in [4.69, 9.17) is 0 Å². The molecular formula is C9H19NO. The second kappa shape index (κ2) is 4.07. The zero-order valence-electron chi connectivity index (χ0n) is 7.51. The largest absolute Gasteiger partial charge is 0.393 e. The van der Waals surface area contributed by atoms with Gasteiger partial charge in [-0.2, -0.15) is 0 Å². The zero-order valence-corrected chi connectivity index (χ0v) is 7.51. The average molecular weight is 157 g/mol. The van der Waals surface area contributed by atoms with Gasteiger partial charge in [0.15, 0.2) is 0 Å². The van der Waals surface area contributed by atoms with Crippen LogP contribution in [-0.2, 0) is 0 Å². The van der Waals surface area contributed by atoms with Crippen LogP contribution in [0.3, 0.4) is 0 Å². The van der Waals surface area contributed by atoms with Crippen molar-refractivity contribution < 1.29 is 5.11 Å². The summed E-state index contributed by atoms with van der Waals surface area (Å²) in [6.45, 7) is 4.31. The van der Waals surface area contributed by atoms with Crippen LogP contribution in [0.1, 0.15) is 39.5 Å². The van der Waals surface area contributed by atoms with Crippen LogP contribution in [0.2, 0.25) is 0 Å². The molecule has 0 aromatic carbocycles. The van der Waals surface area contributed by atoms with E-state index >= 15 is 0 Å². The highest BCUT2D eigenvalue weighted by Gasteiger charge is 2.19. The van der Waals surface area contributed by atoms with Gasteiger partial charge in [0.2, 0.25) is 0 Å². The predicted octanol–water partition coefficient (Wildman–Crippen LogP) is 1.29. The molecule has 66 valence electrons. The summed E-state index contributed by atoms with van der Waals surface area (Å²) >= 11 is 0. The molecule has 2 atom stereocenters. The summed E-state index contributed by atoms with van der Waals surface area (Å²) in [4.78, 5) is 0. The maximum absolute atomic E-state index is 9.35. The predicted molar refractivity (Wildman–Crippen MR) is 46.5 cm³/mol. The van der Waals surface area contributed by atoms with Crippen molar-refractivity contribution in [2.45, 2.75) is 57.7 Å². The molecule has 0 saturated heterocycles. The van der Waals surface area contributed by atoms with Crippen LogP contribution in [-0.4, -0.2) is 23.3 Å². The molecule has 0 amide bonds. The fraction of sp³-hybridized carbons (Fsp3) is 1.00. The van der Waals surface area contributed by atoms with Gasteiger partial charge >= 0.3 is 0 Å². The van der Waals surface area contributed by atoms with E-state index < -0.39 is 0 Å². The van der Waals surface area contributed by atoms with Crippen LogP contribution < -0.4 is 5.32 Å². The molecule has 0 aromatic heterocycles. The Morgan fingerprint density at radius 2 is 2.09 bits per heavy atom. The van der Waals surface area contributed by atoms with Gasteiger partial charge in [-0.25, -0.2) is 0 Å². The summed E-state index contributed by atoms with van der Waals surface area (Å²) in [7, 11) is 0. The molecule has 11 heavy (non-hydrogen) atoms. The Morgan fingerprint density at radius 1 is 1.36 bits per heavy atom. The van der Waals surface area contributed by atoms with E-state index in [1.807, 2.05) is 0 Å². The molecule has 0 bridgehead atoms. The maximum Gasteiger partial charge on any atom is 0.0555 e. The van der Waals surface area contributed by atoms with E-state index in [0.717, 1.165) is 12.8 Å². The summed E-state index contributed by atoms with van der Waals surface area (Å²) in [5, 5.41) is 12.8. The number of hydrogen-bond donors (Lipinski definition) is 2. The smallest absolute Gasteiger partial charge is 0.0555 e. The van der Waals surface area contributed by atoms with Gasteiger partial charge in [-0.15, -0.1) is 0 Å². The van der Waals surface area contributed by atoms with Crippen LogP contribution in [0, 0.1) is 0 Å². The van der Waals surface area contributed by atoms with Gasteiger partial charge < -0.3 is 10.4 Å². The molecule has 1 rings (SSSR count). The minimum absolute atomic E-state index is 0.0556. The first-order chi connectivity index (χ1) is 5.18. The maximum atomic E-state index is 9.35. The third-order valence-corrected chi connectivity index (χ3v) is 2.22. The van der Waals surface area contributed by atoms with Gasteiger partial charge in [-0.05, 0) is 25.7 Å². The molecule has 1 saturated carbocycles. The van der Waals surface area contributed by atoms with Gasteiger partial charge in [0, 0.05) is 12.1 Å². The minimum atomic E-state index is -0.0556. The van der Waals surface area contributed by atoms with Crippen LogP contribution >= 0.6 is 0 Å². The first-order valence-electron chi connectivity index (χ1n) is 4.62. The topological polar surface area (TPSA) is 32.3 Å². The quantitative estimate of drug-likeness (QED) is 0.633. The van der Waals surface area contributed by atoms with Crippen molar-refractivity contribution in [3.8, 4) is 0 Å². The Morgan fingerprint density at radius 3 is 2.64 bits per heavy atom. The van der Waals surface area contributed by atoms with Crippen LogP contribution in [0.4, 0.5) is 0 Å². The van der Waals surface area contributed by atoms with E-state index in [-0.39, 0.29) is 6.10 Å². The summed E-state index contributed by atoms with van der Waals surface area (Å²) in [6, 6.07) is 1.10. The lowest BCUT2D eigenvalue weighted by molar-refractivity contribution is 0.110. The van der Waals surface area contributed by atoms with Crippen molar-refractivity contribution in [2.24, 2.45) is 0 Å². The van der Waals surface area contributed by atoms with Gasteiger partial charge in [0.25, 0.3) is 0 Å². The highest BCUT2D eigenvalue weighted by Crippen LogP contribution is 2.18. The van der Waals surface area contributed by atoms with E-state index in [1.54, 1.807) is 0 Å². The van der Waals surface area contributed by atoms with Gasteiger partial charge in [-0.3, -0.25) is 0 Å². The Hall–Kier alpha value is -0.0800. The monoisotopic (exact) mass is 157 g/mol. The summed E-state index contributed by atoms with van der Waals surface area (Å²) in [5.41, 5.74) is 0. The molecule has 0 spiro atoms. The number of aliphatic hydroxyl groups excluding tert-OH is 1. The molecule has 1 aliphatic carbocycles. The van der Waals surface area contributed by atoms with Crippen LogP contribution in [0.5, 0.6) is 0 Å². The fourth-order valence-corrected chi connectivity index (χ4v) is 1.79. The van der Waals surface area contributed by atoms with Crippen LogP contribution in [0.25, 0.3) is 0 Å². The standard InChI is InChI=1S/C9H19NO/c1-7(2)10-8-4-3-5-9(11)6-8/h7-11H,3-6H2,1-2H3/t8-,9+/m1/s1. The summed E-state index contributed by atoms with van der Waals surface area (Å²) in [5.74, 6) is 0. The van der Waals surface area contributed by atoms with E-state index in [9.17, 15) is 5.11 Å². The molecule has 0 radical (unpaired) electrons. The molecular weight excluding hydrogens is 138 g/mol. The zero-order chi connectivity index (χ0) is 8.27. The van der Waals surface area contributed by atoms with Crippen LogP contribution in [0.15, 0.2) is 0 Å². The van der Waals surface area contributed by atoms with E-state index in [2.05, 4.69) is 19.2 Å². The molecule has 2 heteroatoms. The van der Waals surface area contributed by atoms with Gasteiger partial charge in [0.1, 0.15) is 0 Å². The van der Waals surface area contributed by atoms with Crippen molar-refractivity contribution in [1.29, 1.82) is 0 Å². The third kappa shape index (κ3) is 3.21. The SMILES string of the molecule is CC(C)N[C@@H]1CCC[C@H](O)C1. The number of nitrogens with one attached hydrogen (secondary N) is 1. The molecule has 1 aliphatic rings. The fourth-order valence-electron chi connectivity index (χ4n) is 1.79. The molecule has 1 fully saturated rings. The van der Waals surface area contributed by atoms with Gasteiger partial charge in [0.05, 0.1) is 6.10 Å². The lowest BCUT2D eigenvalue weighted by atomic mass is 9.93. The number of rotatable bonds is 2. The van der Waals surface area contributed by atoms with Crippen molar-refractivity contribution in [2.75, 3.05) is 0 Å². The highest BCUT2D eigenvalue weighted by atomic mass is 16.3. The first kappa shape index (κ1) is 9.01. The second-order valence-electron chi connectivity index (χ2n) is 3.84. The van der Waals surface area contributed by atoms with Crippen molar-refractivity contribution in [3.63, 3.8) is 0 Å².